The molecule has 0 saturated heterocycles. The van der Waals surface area contributed by atoms with Gasteiger partial charge in [-0.2, -0.15) is 0 Å². The van der Waals surface area contributed by atoms with Gasteiger partial charge in [0.1, 0.15) is 0 Å². The van der Waals surface area contributed by atoms with Crippen molar-refractivity contribution in [2.24, 2.45) is 0 Å². The van der Waals surface area contributed by atoms with E-state index in [-0.39, 0.29) is 5.91 Å². The van der Waals surface area contributed by atoms with Crippen LogP contribution in [0.25, 0.3) is 0 Å². The Balaban J connectivity index is 2.50. The van der Waals surface area contributed by atoms with E-state index >= 15 is 0 Å². The van der Waals surface area contributed by atoms with E-state index in [1.54, 1.807) is 18.2 Å². The average molecular weight is 285 g/mol. The molecule has 16 heavy (non-hydrogen) atoms. The fourth-order valence-corrected chi connectivity index (χ4v) is 1.73. The van der Waals surface area contributed by atoms with Gasteiger partial charge in [-0.05, 0) is 40.5 Å². The minimum atomic E-state index is -0.0446. The van der Waals surface area contributed by atoms with Gasteiger partial charge in [0, 0.05) is 22.3 Å². The zero-order valence-corrected chi connectivity index (χ0v) is 11.0. The molecular formula is C12H17BrN2O. The molecule has 0 aliphatic carbocycles. The second kappa shape index (κ2) is 6.53. The lowest BCUT2D eigenvalue weighted by atomic mass is 10.2. The van der Waals surface area contributed by atoms with E-state index in [4.69, 9.17) is 5.73 Å². The minimum Gasteiger partial charge on any atom is -0.398 e. The van der Waals surface area contributed by atoms with Crippen molar-refractivity contribution < 1.29 is 4.79 Å². The summed E-state index contributed by atoms with van der Waals surface area (Å²) in [6, 6.07) is 5.20. The van der Waals surface area contributed by atoms with Gasteiger partial charge in [0.2, 0.25) is 0 Å². The summed E-state index contributed by atoms with van der Waals surface area (Å²) in [5.41, 5.74) is 6.93. The predicted molar refractivity (Wildman–Crippen MR) is 70.4 cm³/mol. The maximum absolute atomic E-state index is 11.7. The second-order valence-corrected chi connectivity index (χ2v) is 4.55. The number of benzene rings is 1. The smallest absolute Gasteiger partial charge is 0.251 e. The zero-order valence-electron chi connectivity index (χ0n) is 9.42. The summed E-state index contributed by atoms with van der Waals surface area (Å²) in [6.45, 7) is 2.87. The van der Waals surface area contributed by atoms with Crippen LogP contribution < -0.4 is 11.1 Å². The van der Waals surface area contributed by atoms with Gasteiger partial charge < -0.3 is 11.1 Å². The van der Waals surface area contributed by atoms with Crippen molar-refractivity contribution in [1.29, 1.82) is 0 Å². The Hall–Kier alpha value is -1.03. The first-order valence-electron chi connectivity index (χ1n) is 5.48. The van der Waals surface area contributed by atoms with Gasteiger partial charge in [-0.25, -0.2) is 0 Å². The molecule has 0 saturated carbocycles. The number of rotatable bonds is 5. The molecule has 0 radical (unpaired) electrons. The molecule has 1 rings (SSSR count). The Morgan fingerprint density at radius 2 is 2.19 bits per heavy atom. The summed E-state index contributed by atoms with van der Waals surface area (Å²) < 4.78 is 0.758. The number of unbranched alkanes of at least 4 members (excludes halogenated alkanes) is 2. The number of hydrogen-bond donors (Lipinski definition) is 2. The van der Waals surface area contributed by atoms with Gasteiger partial charge in [-0.15, -0.1) is 0 Å². The SMILES string of the molecule is CCCCCNC(=O)c1ccc(N)c(Br)c1. The van der Waals surface area contributed by atoms with E-state index < -0.39 is 0 Å². The highest BCUT2D eigenvalue weighted by Gasteiger charge is 2.06. The summed E-state index contributed by atoms with van der Waals surface area (Å²) in [7, 11) is 0. The molecule has 1 aromatic carbocycles. The van der Waals surface area contributed by atoms with Crippen LogP contribution in [0.2, 0.25) is 0 Å². The molecule has 0 aliphatic heterocycles. The molecule has 3 N–H and O–H groups in total. The van der Waals surface area contributed by atoms with Crippen LogP contribution in [-0.4, -0.2) is 12.5 Å². The lowest BCUT2D eigenvalue weighted by Gasteiger charge is -2.06. The Labute approximate surface area is 105 Å². The van der Waals surface area contributed by atoms with Gasteiger partial charge in [0.25, 0.3) is 5.91 Å². The fourth-order valence-electron chi connectivity index (χ4n) is 1.35. The van der Waals surface area contributed by atoms with Crippen molar-refractivity contribution >= 4 is 27.5 Å². The molecule has 0 heterocycles. The van der Waals surface area contributed by atoms with Crippen molar-refractivity contribution in [1.82, 2.24) is 5.32 Å². The van der Waals surface area contributed by atoms with Crippen molar-refractivity contribution in [3.05, 3.63) is 28.2 Å². The molecule has 1 amide bonds. The second-order valence-electron chi connectivity index (χ2n) is 3.70. The Morgan fingerprint density at radius 1 is 1.44 bits per heavy atom. The molecule has 0 bridgehead atoms. The van der Waals surface area contributed by atoms with E-state index in [1.807, 2.05) is 0 Å². The first-order chi connectivity index (χ1) is 7.65. The third kappa shape index (κ3) is 3.85. The molecule has 0 atom stereocenters. The monoisotopic (exact) mass is 284 g/mol. The molecule has 0 aromatic heterocycles. The quantitative estimate of drug-likeness (QED) is 0.645. The van der Waals surface area contributed by atoms with Crippen molar-refractivity contribution in [3.8, 4) is 0 Å². The summed E-state index contributed by atoms with van der Waals surface area (Å²) in [6.07, 6.45) is 3.33. The van der Waals surface area contributed by atoms with Crippen LogP contribution in [-0.2, 0) is 0 Å². The highest BCUT2D eigenvalue weighted by atomic mass is 79.9. The highest BCUT2D eigenvalue weighted by Crippen LogP contribution is 2.20. The van der Waals surface area contributed by atoms with Gasteiger partial charge in [0.15, 0.2) is 0 Å². The van der Waals surface area contributed by atoms with Crippen LogP contribution in [0.3, 0.4) is 0 Å². The molecule has 1 aromatic rings. The van der Waals surface area contributed by atoms with Crippen molar-refractivity contribution in [2.75, 3.05) is 12.3 Å². The minimum absolute atomic E-state index is 0.0446. The highest BCUT2D eigenvalue weighted by molar-refractivity contribution is 9.10. The normalized spacial score (nSPS) is 10.1. The number of halogens is 1. The molecule has 0 aliphatic rings. The molecule has 3 nitrogen and oxygen atoms in total. The summed E-state index contributed by atoms with van der Waals surface area (Å²) in [5, 5.41) is 2.88. The molecule has 4 heteroatoms. The predicted octanol–water partition coefficient (Wildman–Crippen LogP) is 2.95. The lowest BCUT2D eigenvalue weighted by Crippen LogP contribution is -2.24. The maximum atomic E-state index is 11.7. The van der Waals surface area contributed by atoms with Crippen molar-refractivity contribution in [2.45, 2.75) is 26.2 Å². The van der Waals surface area contributed by atoms with E-state index in [1.165, 1.54) is 0 Å². The largest absolute Gasteiger partial charge is 0.398 e. The van der Waals surface area contributed by atoms with Crippen LogP contribution in [0.5, 0.6) is 0 Å². The number of anilines is 1. The van der Waals surface area contributed by atoms with Gasteiger partial charge >= 0.3 is 0 Å². The molecule has 88 valence electrons. The van der Waals surface area contributed by atoms with Crippen LogP contribution in [0.15, 0.2) is 22.7 Å². The van der Waals surface area contributed by atoms with E-state index in [0.717, 1.165) is 30.3 Å². The number of amides is 1. The Bertz CT molecular complexity index is 366. The maximum Gasteiger partial charge on any atom is 0.251 e. The summed E-state index contributed by atoms with van der Waals surface area (Å²) in [4.78, 5) is 11.7. The van der Waals surface area contributed by atoms with Gasteiger partial charge in [-0.1, -0.05) is 19.8 Å². The van der Waals surface area contributed by atoms with E-state index in [9.17, 15) is 4.79 Å². The first-order valence-corrected chi connectivity index (χ1v) is 6.27. The molecule has 0 fully saturated rings. The van der Waals surface area contributed by atoms with Crippen LogP contribution in [0.4, 0.5) is 5.69 Å². The Morgan fingerprint density at radius 3 is 2.81 bits per heavy atom. The van der Waals surface area contributed by atoms with Gasteiger partial charge in [0.05, 0.1) is 0 Å². The van der Waals surface area contributed by atoms with Crippen molar-refractivity contribution in [3.63, 3.8) is 0 Å². The molecule has 0 unspecified atom stereocenters. The zero-order chi connectivity index (χ0) is 12.0. The van der Waals surface area contributed by atoms with Gasteiger partial charge in [-0.3, -0.25) is 4.79 Å². The third-order valence-electron chi connectivity index (χ3n) is 2.33. The third-order valence-corrected chi connectivity index (χ3v) is 3.02. The fraction of sp³-hybridized carbons (Fsp3) is 0.417. The number of nitrogens with one attached hydrogen (secondary N) is 1. The number of carbonyl (C=O) groups excluding carboxylic acids is 1. The molecule has 0 spiro atoms. The first kappa shape index (κ1) is 13.0. The number of nitrogens with two attached hydrogens (primary N) is 1. The average Bonchev–Trinajstić information content (AvgIpc) is 2.28. The lowest BCUT2D eigenvalue weighted by molar-refractivity contribution is 0.0953. The molecular weight excluding hydrogens is 268 g/mol. The summed E-state index contributed by atoms with van der Waals surface area (Å²) in [5.74, 6) is -0.0446. The number of carbonyl (C=O) groups is 1. The standard InChI is InChI=1S/C12H17BrN2O/c1-2-3-4-7-15-12(16)9-5-6-11(14)10(13)8-9/h5-6,8H,2-4,7,14H2,1H3,(H,15,16). The van der Waals surface area contributed by atoms with Crippen LogP contribution in [0.1, 0.15) is 36.5 Å². The summed E-state index contributed by atoms with van der Waals surface area (Å²) >= 11 is 3.30. The topological polar surface area (TPSA) is 55.1 Å². The number of nitrogen functional groups attached to an aromatic ring is 1. The van der Waals surface area contributed by atoms with Crippen LogP contribution in [0, 0.1) is 0 Å². The van der Waals surface area contributed by atoms with E-state index in [0.29, 0.717) is 11.3 Å². The Kier molecular flexibility index (Phi) is 5.32. The van der Waals surface area contributed by atoms with Crippen LogP contribution >= 0.6 is 15.9 Å². The number of hydrogen-bond acceptors (Lipinski definition) is 2. The van der Waals surface area contributed by atoms with E-state index in [2.05, 4.69) is 28.2 Å².